The quantitative estimate of drug-likeness (QED) is 0.243. The number of benzene rings is 3. The molecule has 38 heavy (non-hydrogen) atoms. The number of piperazine rings is 1. The summed E-state index contributed by atoms with van der Waals surface area (Å²) in [7, 11) is 0. The summed E-state index contributed by atoms with van der Waals surface area (Å²) in [5.41, 5.74) is 7.68. The monoisotopic (exact) mass is 511 g/mol. The van der Waals surface area contributed by atoms with E-state index in [1.165, 1.54) is 5.56 Å². The third-order valence-electron chi connectivity index (χ3n) is 7.98. The lowest BCUT2D eigenvalue weighted by atomic mass is 9.99. The number of amides is 2. The zero-order valence-electron chi connectivity index (χ0n) is 22.0. The van der Waals surface area contributed by atoms with Crippen LogP contribution in [-0.4, -0.2) is 59.3 Å². The Morgan fingerprint density at radius 1 is 0.974 bits per heavy atom. The fourth-order valence-corrected chi connectivity index (χ4v) is 5.84. The predicted molar refractivity (Wildman–Crippen MR) is 151 cm³/mol. The van der Waals surface area contributed by atoms with Gasteiger partial charge < -0.3 is 20.9 Å². The standard InChI is InChI=1S/C31H37N5O2/c1-21-19-36(30(38)28-18-27(28)24-9-3-2-4-10-24)26(12-7-15-34-31(32)33)20-35(21)29(37)17-22-13-14-23-8-5-6-11-25(23)16-22/h2-6,8-11,13-14,16,21,26-28H,7,12,15,17-20H2,1H3,(H4,32,33,34)/t21-,26+,27-,28-/m1/s1. The van der Waals surface area contributed by atoms with Gasteiger partial charge in [-0.3, -0.25) is 15.0 Å². The first-order valence-electron chi connectivity index (χ1n) is 13.6. The van der Waals surface area contributed by atoms with Crippen LogP contribution in [0.2, 0.25) is 0 Å². The maximum absolute atomic E-state index is 13.7. The molecule has 0 unspecified atom stereocenters. The molecule has 4 N–H and O–H groups in total. The van der Waals surface area contributed by atoms with Crippen LogP contribution in [0.1, 0.15) is 43.2 Å². The highest BCUT2D eigenvalue weighted by molar-refractivity contribution is 5.86. The Morgan fingerprint density at radius 3 is 2.47 bits per heavy atom. The number of nitrogens with one attached hydrogen (secondary N) is 2. The van der Waals surface area contributed by atoms with Gasteiger partial charge in [-0.15, -0.1) is 0 Å². The summed E-state index contributed by atoms with van der Waals surface area (Å²) in [6, 6.07) is 24.6. The maximum atomic E-state index is 13.7. The van der Waals surface area contributed by atoms with Crippen molar-refractivity contribution in [3.8, 4) is 0 Å². The summed E-state index contributed by atoms with van der Waals surface area (Å²) in [5.74, 6) is 0.553. The second-order valence-corrected chi connectivity index (χ2v) is 10.7. The average Bonchev–Trinajstić information content (AvgIpc) is 3.72. The van der Waals surface area contributed by atoms with Gasteiger partial charge in [0.1, 0.15) is 0 Å². The van der Waals surface area contributed by atoms with Gasteiger partial charge in [0.15, 0.2) is 5.96 Å². The molecule has 0 bridgehead atoms. The van der Waals surface area contributed by atoms with E-state index in [0.717, 1.165) is 35.6 Å². The minimum absolute atomic E-state index is 0.0160. The number of hydrogen-bond donors (Lipinski definition) is 3. The number of nitrogens with two attached hydrogens (primary N) is 1. The molecule has 198 valence electrons. The summed E-state index contributed by atoms with van der Waals surface area (Å²) in [5, 5.41) is 12.6. The highest BCUT2D eigenvalue weighted by Crippen LogP contribution is 2.49. The summed E-state index contributed by atoms with van der Waals surface area (Å²) in [4.78, 5) is 31.2. The predicted octanol–water partition coefficient (Wildman–Crippen LogP) is 3.88. The lowest BCUT2D eigenvalue weighted by molar-refractivity contribution is -0.147. The Labute approximate surface area is 224 Å². The van der Waals surface area contributed by atoms with Crippen molar-refractivity contribution in [2.24, 2.45) is 11.7 Å². The lowest BCUT2D eigenvalue weighted by Crippen LogP contribution is -2.61. The second kappa shape index (κ2) is 11.3. The van der Waals surface area contributed by atoms with Crippen molar-refractivity contribution < 1.29 is 9.59 Å². The number of fused-ring (bicyclic) bond motifs is 1. The molecule has 2 amide bonds. The highest BCUT2D eigenvalue weighted by atomic mass is 16.2. The zero-order chi connectivity index (χ0) is 26.6. The van der Waals surface area contributed by atoms with Gasteiger partial charge in [-0.25, -0.2) is 0 Å². The zero-order valence-corrected chi connectivity index (χ0v) is 22.0. The smallest absolute Gasteiger partial charge is 0.227 e. The van der Waals surface area contributed by atoms with Gasteiger partial charge >= 0.3 is 0 Å². The molecular weight excluding hydrogens is 474 g/mol. The Balaban J connectivity index is 1.28. The van der Waals surface area contributed by atoms with Crippen molar-refractivity contribution >= 4 is 28.5 Å². The summed E-state index contributed by atoms with van der Waals surface area (Å²) < 4.78 is 0. The first-order valence-corrected chi connectivity index (χ1v) is 13.6. The fraction of sp³-hybridized carbons (Fsp3) is 0.387. The summed E-state index contributed by atoms with van der Waals surface area (Å²) >= 11 is 0. The number of carbonyl (C=O) groups is 2. The highest BCUT2D eigenvalue weighted by Gasteiger charge is 2.48. The minimum Gasteiger partial charge on any atom is -0.370 e. The Hall–Kier alpha value is -3.87. The number of nitrogens with zero attached hydrogens (tertiary/aromatic N) is 2. The van der Waals surface area contributed by atoms with Crippen molar-refractivity contribution in [1.29, 1.82) is 5.41 Å². The maximum Gasteiger partial charge on any atom is 0.227 e. The number of guanidine groups is 1. The Morgan fingerprint density at radius 2 is 1.71 bits per heavy atom. The summed E-state index contributed by atoms with van der Waals surface area (Å²) in [6.45, 7) is 3.70. The lowest BCUT2D eigenvalue weighted by Gasteiger charge is -2.46. The van der Waals surface area contributed by atoms with Crippen LogP contribution >= 0.6 is 0 Å². The molecule has 0 spiro atoms. The van der Waals surface area contributed by atoms with E-state index in [0.29, 0.717) is 26.1 Å². The topological polar surface area (TPSA) is 103 Å². The largest absolute Gasteiger partial charge is 0.370 e. The summed E-state index contributed by atoms with van der Waals surface area (Å²) in [6.07, 6.45) is 2.75. The van der Waals surface area contributed by atoms with E-state index in [1.54, 1.807) is 0 Å². The second-order valence-electron chi connectivity index (χ2n) is 10.7. The number of carbonyl (C=O) groups excluding carboxylic acids is 2. The van der Waals surface area contributed by atoms with Gasteiger partial charge in [0, 0.05) is 37.6 Å². The van der Waals surface area contributed by atoms with Crippen LogP contribution in [0.15, 0.2) is 72.8 Å². The van der Waals surface area contributed by atoms with Crippen LogP contribution in [0, 0.1) is 11.3 Å². The van der Waals surface area contributed by atoms with Gasteiger partial charge in [-0.2, -0.15) is 0 Å². The molecule has 2 aliphatic rings. The molecule has 1 aliphatic carbocycles. The van der Waals surface area contributed by atoms with Crippen molar-refractivity contribution in [2.45, 2.75) is 50.6 Å². The van der Waals surface area contributed by atoms with Crippen molar-refractivity contribution in [3.63, 3.8) is 0 Å². The SMILES string of the molecule is C[C@@H]1CN(C(=O)[C@@H]2C[C@@H]2c2ccccc2)[C@@H](CCCNC(=N)N)CN1C(=O)Cc1ccc2ccccc2c1. The minimum atomic E-state index is -0.0509. The van der Waals surface area contributed by atoms with Crippen LogP contribution in [0.25, 0.3) is 10.8 Å². The van der Waals surface area contributed by atoms with Crippen LogP contribution in [0.4, 0.5) is 0 Å². The molecule has 3 aromatic rings. The first-order chi connectivity index (χ1) is 18.4. The third-order valence-corrected chi connectivity index (χ3v) is 7.98. The van der Waals surface area contributed by atoms with Crippen molar-refractivity contribution in [2.75, 3.05) is 19.6 Å². The van der Waals surface area contributed by atoms with E-state index < -0.39 is 0 Å². The average molecular weight is 512 g/mol. The number of hydrogen-bond acceptors (Lipinski definition) is 3. The van der Waals surface area contributed by atoms with Crippen LogP contribution in [0.3, 0.4) is 0 Å². The van der Waals surface area contributed by atoms with Gasteiger partial charge in [-0.1, -0.05) is 72.8 Å². The third kappa shape index (κ3) is 5.82. The molecule has 1 saturated carbocycles. The molecule has 2 fully saturated rings. The molecule has 5 rings (SSSR count). The molecule has 1 aliphatic heterocycles. The first kappa shape index (κ1) is 25.8. The van der Waals surface area contributed by atoms with Crippen LogP contribution in [0.5, 0.6) is 0 Å². The van der Waals surface area contributed by atoms with E-state index in [2.05, 4.69) is 41.7 Å². The Bertz CT molecular complexity index is 1310. The molecule has 7 heteroatoms. The van der Waals surface area contributed by atoms with Gasteiger partial charge in [0.25, 0.3) is 0 Å². The van der Waals surface area contributed by atoms with E-state index in [4.69, 9.17) is 11.1 Å². The van der Waals surface area contributed by atoms with Gasteiger partial charge in [0.05, 0.1) is 6.42 Å². The molecular formula is C31H37N5O2. The number of rotatable bonds is 8. The molecule has 1 saturated heterocycles. The normalized spacial score (nSPS) is 22.8. The van der Waals surface area contributed by atoms with Crippen molar-refractivity contribution in [3.05, 3.63) is 83.9 Å². The fourth-order valence-electron chi connectivity index (χ4n) is 5.84. The molecule has 3 aromatic carbocycles. The van der Waals surface area contributed by atoms with Gasteiger partial charge in [0.2, 0.25) is 11.8 Å². The molecule has 7 nitrogen and oxygen atoms in total. The molecule has 0 radical (unpaired) electrons. The van der Waals surface area contributed by atoms with Crippen LogP contribution in [-0.2, 0) is 16.0 Å². The van der Waals surface area contributed by atoms with Crippen molar-refractivity contribution in [1.82, 2.24) is 15.1 Å². The molecule has 0 aromatic heterocycles. The van der Waals surface area contributed by atoms with E-state index in [1.807, 2.05) is 53.1 Å². The molecule has 1 heterocycles. The van der Waals surface area contributed by atoms with Gasteiger partial charge in [-0.05, 0) is 54.0 Å². The molecule has 4 atom stereocenters. The van der Waals surface area contributed by atoms with E-state index in [9.17, 15) is 9.59 Å². The van der Waals surface area contributed by atoms with E-state index >= 15 is 0 Å². The van der Waals surface area contributed by atoms with E-state index in [-0.39, 0.29) is 41.7 Å². The van der Waals surface area contributed by atoms with Crippen LogP contribution < -0.4 is 11.1 Å². The Kier molecular flexibility index (Phi) is 7.63.